The first kappa shape index (κ1) is 11.5. The van der Waals surface area contributed by atoms with Crippen molar-refractivity contribution in [2.75, 3.05) is 0 Å². The summed E-state index contributed by atoms with van der Waals surface area (Å²) >= 11 is 0. The van der Waals surface area contributed by atoms with Crippen LogP contribution in [0.4, 0.5) is 0 Å². The summed E-state index contributed by atoms with van der Waals surface area (Å²) in [4.78, 5) is 10.8. The minimum Gasteiger partial charge on any atom is -0.550 e. The van der Waals surface area contributed by atoms with Crippen molar-refractivity contribution in [1.29, 1.82) is 0 Å². The summed E-state index contributed by atoms with van der Waals surface area (Å²) in [7, 11) is 0. The number of hydrogen-bond donors (Lipinski definition) is 0. The average molecular weight is 171 g/mol. The van der Waals surface area contributed by atoms with Gasteiger partial charge in [-0.25, -0.2) is 0 Å². The van der Waals surface area contributed by atoms with Crippen LogP contribution < -0.4 is 5.11 Å². The smallest absolute Gasteiger partial charge is 0.0473 e. The molecule has 2 heteroatoms. The number of rotatable bonds is 6. The molecular weight excluding hydrogens is 152 g/mol. The van der Waals surface area contributed by atoms with Gasteiger partial charge in [-0.05, 0) is 12.8 Å². The summed E-state index contributed by atoms with van der Waals surface area (Å²) < 4.78 is 0. The van der Waals surface area contributed by atoms with Crippen LogP contribution >= 0.6 is 0 Å². The van der Waals surface area contributed by atoms with E-state index in [9.17, 15) is 9.90 Å². The summed E-state index contributed by atoms with van der Waals surface area (Å²) in [6, 6.07) is 0. The first-order chi connectivity index (χ1) is 5.56. The molecule has 12 heavy (non-hydrogen) atoms. The van der Waals surface area contributed by atoms with Gasteiger partial charge in [0, 0.05) is 11.4 Å². The molecule has 0 spiro atoms. The van der Waals surface area contributed by atoms with Gasteiger partial charge in [0.2, 0.25) is 0 Å². The maximum absolute atomic E-state index is 10.8. The first-order valence-electron chi connectivity index (χ1n) is 4.78. The molecule has 0 aromatic heterocycles. The molecule has 0 heterocycles. The second-order valence-electron chi connectivity index (χ2n) is 3.70. The molecule has 0 aromatic carbocycles. The van der Waals surface area contributed by atoms with Crippen LogP contribution in [0, 0.1) is 5.41 Å². The molecule has 0 bridgehead atoms. The van der Waals surface area contributed by atoms with Gasteiger partial charge in [-0.15, -0.1) is 0 Å². The molecule has 72 valence electrons. The molecule has 0 N–H and O–H groups in total. The number of hydrogen-bond acceptors (Lipinski definition) is 2. The molecule has 1 unspecified atom stereocenters. The number of unbranched alkanes of at least 4 members (excludes halogenated alkanes) is 1. The lowest BCUT2D eigenvalue weighted by atomic mass is 9.81. The first-order valence-corrected chi connectivity index (χ1v) is 4.78. The summed E-state index contributed by atoms with van der Waals surface area (Å²) in [5.41, 5.74) is -0.592. The number of carbonyl (C=O) groups excluding carboxylic acids is 1. The second kappa shape index (κ2) is 5.18. The van der Waals surface area contributed by atoms with Crippen LogP contribution in [0.3, 0.4) is 0 Å². The second-order valence-corrected chi connectivity index (χ2v) is 3.70. The van der Waals surface area contributed by atoms with E-state index >= 15 is 0 Å². The normalized spacial score (nSPS) is 15.6. The van der Waals surface area contributed by atoms with Gasteiger partial charge < -0.3 is 9.90 Å². The molecule has 2 nitrogen and oxygen atoms in total. The highest BCUT2D eigenvalue weighted by Crippen LogP contribution is 2.28. The predicted octanol–water partition coefficient (Wildman–Crippen LogP) is 1.73. The van der Waals surface area contributed by atoms with Crippen LogP contribution in [-0.2, 0) is 4.79 Å². The molecule has 0 rings (SSSR count). The minimum atomic E-state index is -0.891. The SMILES string of the molecule is CCCCC(C)(CCC)C(=O)[O-]. The summed E-state index contributed by atoms with van der Waals surface area (Å²) in [5.74, 6) is -0.891. The lowest BCUT2D eigenvalue weighted by Crippen LogP contribution is -2.40. The largest absolute Gasteiger partial charge is 0.550 e. The third-order valence-electron chi connectivity index (χ3n) is 2.38. The van der Waals surface area contributed by atoms with Crippen LogP contribution in [0.5, 0.6) is 0 Å². The Balaban J connectivity index is 4.08. The van der Waals surface area contributed by atoms with Gasteiger partial charge in [-0.1, -0.05) is 40.0 Å². The molecule has 0 saturated carbocycles. The van der Waals surface area contributed by atoms with E-state index in [0.717, 1.165) is 32.1 Å². The molecule has 0 amide bonds. The van der Waals surface area contributed by atoms with Gasteiger partial charge >= 0.3 is 0 Å². The van der Waals surface area contributed by atoms with Crippen LogP contribution in [-0.4, -0.2) is 5.97 Å². The number of carboxylic acid groups (broad SMARTS) is 1. The standard InChI is InChI=1S/C10H20O2/c1-4-6-8-10(3,7-5-2)9(11)12/h4-8H2,1-3H3,(H,11,12)/p-1. The quantitative estimate of drug-likeness (QED) is 0.610. The van der Waals surface area contributed by atoms with Gasteiger partial charge in [-0.2, -0.15) is 0 Å². The maximum Gasteiger partial charge on any atom is 0.0473 e. The fraction of sp³-hybridized carbons (Fsp3) is 0.900. The van der Waals surface area contributed by atoms with E-state index in [0.29, 0.717) is 0 Å². The van der Waals surface area contributed by atoms with E-state index in [1.807, 2.05) is 6.92 Å². The predicted molar refractivity (Wildman–Crippen MR) is 47.5 cm³/mol. The third kappa shape index (κ3) is 3.24. The molecule has 0 saturated heterocycles. The zero-order valence-corrected chi connectivity index (χ0v) is 8.35. The molecule has 0 aromatic rings. The van der Waals surface area contributed by atoms with Crippen LogP contribution in [0.15, 0.2) is 0 Å². The highest BCUT2D eigenvalue weighted by molar-refractivity contribution is 5.71. The molecule has 1 atom stereocenters. The Bertz CT molecular complexity index is 143. The molecule has 0 aliphatic heterocycles. The van der Waals surface area contributed by atoms with Crippen molar-refractivity contribution in [2.45, 2.75) is 52.9 Å². The van der Waals surface area contributed by atoms with Crippen molar-refractivity contribution in [3.8, 4) is 0 Å². The molecule has 0 fully saturated rings. The molecule has 0 radical (unpaired) electrons. The summed E-state index contributed by atoms with van der Waals surface area (Å²) in [6.07, 6.45) is 4.42. The Kier molecular flexibility index (Phi) is 4.95. The van der Waals surface area contributed by atoms with E-state index < -0.39 is 11.4 Å². The Morgan fingerprint density at radius 2 is 1.83 bits per heavy atom. The maximum atomic E-state index is 10.8. The van der Waals surface area contributed by atoms with Gasteiger partial charge in [0.05, 0.1) is 0 Å². The van der Waals surface area contributed by atoms with Crippen molar-refractivity contribution in [1.82, 2.24) is 0 Å². The van der Waals surface area contributed by atoms with E-state index in [-0.39, 0.29) is 0 Å². The van der Waals surface area contributed by atoms with Crippen molar-refractivity contribution < 1.29 is 9.90 Å². The molecular formula is C10H19O2-. The molecule has 0 aliphatic rings. The Labute approximate surface area is 75.0 Å². The highest BCUT2D eigenvalue weighted by atomic mass is 16.4. The lowest BCUT2D eigenvalue weighted by Gasteiger charge is -2.30. The van der Waals surface area contributed by atoms with Crippen molar-refractivity contribution in [3.05, 3.63) is 0 Å². The van der Waals surface area contributed by atoms with Gasteiger partial charge in [-0.3, -0.25) is 0 Å². The van der Waals surface area contributed by atoms with Gasteiger partial charge in [0.25, 0.3) is 0 Å². The van der Waals surface area contributed by atoms with Crippen LogP contribution in [0.1, 0.15) is 52.9 Å². The van der Waals surface area contributed by atoms with E-state index in [4.69, 9.17) is 0 Å². The van der Waals surface area contributed by atoms with E-state index in [2.05, 4.69) is 6.92 Å². The zero-order valence-electron chi connectivity index (χ0n) is 8.35. The topological polar surface area (TPSA) is 40.1 Å². The monoisotopic (exact) mass is 171 g/mol. The van der Waals surface area contributed by atoms with Crippen molar-refractivity contribution >= 4 is 5.97 Å². The fourth-order valence-electron chi connectivity index (χ4n) is 1.45. The Morgan fingerprint density at radius 3 is 2.17 bits per heavy atom. The summed E-state index contributed by atoms with van der Waals surface area (Å²) in [5, 5.41) is 10.8. The third-order valence-corrected chi connectivity index (χ3v) is 2.38. The Morgan fingerprint density at radius 1 is 1.25 bits per heavy atom. The zero-order chi connectivity index (χ0) is 9.61. The van der Waals surface area contributed by atoms with Crippen LogP contribution in [0.2, 0.25) is 0 Å². The summed E-state index contributed by atoms with van der Waals surface area (Å²) in [6.45, 7) is 5.87. The number of carbonyl (C=O) groups is 1. The average Bonchev–Trinajstić information content (AvgIpc) is 2.01. The van der Waals surface area contributed by atoms with Gasteiger partial charge in [0.1, 0.15) is 0 Å². The number of carboxylic acids is 1. The van der Waals surface area contributed by atoms with Crippen LogP contribution in [0.25, 0.3) is 0 Å². The van der Waals surface area contributed by atoms with Crippen molar-refractivity contribution in [2.24, 2.45) is 5.41 Å². The lowest BCUT2D eigenvalue weighted by molar-refractivity contribution is -0.319. The van der Waals surface area contributed by atoms with E-state index in [1.54, 1.807) is 6.92 Å². The minimum absolute atomic E-state index is 0.592. The Hall–Kier alpha value is -0.530. The fourth-order valence-corrected chi connectivity index (χ4v) is 1.45. The number of aliphatic carboxylic acids is 1. The van der Waals surface area contributed by atoms with Crippen molar-refractivity contribution in [3.63, 3.8) is 0 Å². The highest BCUT2D eigenvalue weighted by Gasteiger charge is 2.23. The molecule has 0 aliphatic carbocycles. The van der Waals surface area contributed by atoms with E-state index in [1.165, 1.54) is 0 Å². The van der Waals surface area contributed by atoms with Gasteiger partial charge in [0.15, 0.2) is 0 Å².